The van der Waals surface area contributed by atoms with Crippen molar-refractivity contribution in [2.75, 3.05) is 13.7 Å². The summed E-state index contributed by atoms with van der Waals surface area (Å²) in [6, 6.07) is 0. The molecule has 1 aromatic heterocycles. The van der Waals surface area contributed by atoms with Gasteiger partial charge in [-0.25, -0.2) is 4.98 Å². The molecule has 0 aliphatic carbocycles. The lowest BCUT2D eigenvalue weighted by Crippen LogP contribution is -2.21. The van der Waals surface area contributed by atoms with Crippen LogP contribution < -0.4 is 10.3 Å². The predicted octanol–water partition coefficient (Wildman–Crippen LogP) is 0.788. The van der Waals surface area contributed by atoms with Gasteiger partial charge in [0.15, 0.2) is 0 Å². The van der Waals surface area contributed by atoms with E-state index in [1.54, 1.807) is 7.11 Å². The van der Waals surface area contributed by atoms with Crippen molar-refractivity contribution in [3.63, 3.8) is 0 Å². The van der Waals surface area contributed by atoms with Crippen LogP contribution in [-0.2, 0) is 4.74 Å². The summed E-state index contributed by atoms with van der Waals surface area (Å²) in [5, 5.41) is 0. The van der Waals surface area contributed by atoms with Crippen molar-refractivity contribution in [3.05, 3.63) is 20.3 Å². The van der Waals surface area contributed by atoms with E-state index in [9.17, 15) is 4.79 Å². The molecule has 0 aliphatic heterocycles. The van der Waals surface area contributed by atoms with Gasteiger partial charge in [0.05, 0.1) is 12.9 Å². The molecule has 5 nitrogen and oxygen atoms in total. The maximum atomic E-state index is 11.2. The Labute approximate surface area is 95.0 Å². The van der Waals surface area contributed by atoms with E-state index in [1.165, 1.54) is 6.33 Å². The molecule has 6 heteroatoms. The fourth-order valence-corrected chi connectivity index (χ4v) is 1.33. The molecule has 0 saturated carbocycles. The van der Waals surface area contributed by atoms with Gasteiger partial charge in [-0.15, -0.1) is 0 Å². The second kappa shape index (κ2) is 5.30. The Bertz CT molecular complexity index is 353. The molecule has 0 radical (unpaired) electrons. The second-order valence-electron chi connectivity index (χ2n) is 2.73. The third-order valence-corrected chi connectivity index (χ3v) is 2.43. The number of hydrogen-bond donors (Lipinski definition) is 1. The summed E-state index contributed by atoms with van der Waals surface area (Å²) in [5.41, 5.74) is -0.194. The third kappa shape index (κ3) is 2.95. The average molecular weight is 310 g/mol. The highest BCUT2D eigenvalue weighted by Gasteiger charge is 2.10. The average Bonchev–Trinajstić information content (AvgIpc) is 2.13. The molecular weight excluding hydrogens is 299 g/mol. The van der Waals surface area contributed by atoms with Crippen LogP contribution in [0.2, 0.25) is 0 Å². The van der Waals surface area contributed by atoms with Crippen molar-refractivity contribution >= 4 is 22.6 Å². The SMILES string of the molecule is COCC(C)Oc1nc[nH]c(=O)c1I. The first-order valence-electron chi connectivity index (χ1n) is 4.04. The molecule has 1 aromatic rings. The molecule has 1 N–H and O–H groups in total. The molecule has 0 aromatic carbocycles. The van der Waals surface area contributed by atoms with Gasteiger partial charge < -0.3 is 14.5 Å². The number of aromatic nitrogens is 2. The van der Waals surface area contributed by atoms with Crippen LogP contribution in [0.15, 0.2) is 11.1 Å². The second-order valence-corrected chi connectivity index (χ2v) is 3.81. The van der Waals surface area contributed by atoms with Gasteiger partial charge in [0, 0.05) is 7.11 Å². The number of nitrogens with zero attached hydrogens (tertiary/aromatic N) is 1. The van der Waals surface area contributed by atoms with E-state index >= 15 is 0 Å². The summed E-state index contributed by atoms with van der Waals surface area (Å²) >= 11 is 1.89. The highest BCUT2D eigenvalue weighted by molar-refractivity contribution is 14.1. The van der Waals surface area contributed by atoms with Gasteiger partial charge in [0.1, 0.15) is 9.67 Å². The quantitative estimate of drug-likeness (QED) is 0.835. The van der Waals surface area contributed by atoms with E-state index in [0.717, 1.165) is 0 Å². The number of halogens is 1. The van der Waals surface area contributed by atoms with Crippen LogP contribution >= 0.6 is 22.6 Å². The van der Waals surface area contributed by atoms with Gasteiger partial charge in [-0.3, -0.25) is 4.79 Å². The van der Waals surface area contributed by atoms with Gasteiger partial charge in [-0.05, 0) is 29.5 Å². The molecule has 1 atom stereocenters. The summed E-state index contributed by atoms with van der Waals surface area (Å²) < 4.78 is 10.8. The van der Waals surface area contributed by atoms with Crippen LogP contribution in [0.5, 0.6) is 5.88 Å². The minimum atomic E-state index is -0.194. The van der Waals surface area contributed by atoms with Crippen LogP contribution in [0.1, 0.15) is 6.92 Å². The number of rotatable bonds is 4. The number of hydrogen-bond acceptors (Lipinski definition) is 4. The number of ether oxygens (including phenoxy) is 2. The van der Waals surface area contributed by atoms with Crippen LogP contribution in [0.3, 0.4) is 0 Å². The lowest BCUT2D eigenvalue weighted by atomic mass is 10.4. The van der Waals surface area contributed by atoms with Crippen molar-refractivity contribution in [1.29, 1.82) is 0 Å². The fraction of sp³-hybridized carbons (Fsp3) is 0.500. The van der Waals surface area contributed by atoms with Crippen molar-refractivity contribution < 1.29 is 9.47 Å². The topological polar surface area (TPSA) is 64.2 Å². The monoisotopic (exact) mass is 310 g/mol. The van der Waals surface area contributed by atoms with Crippen LogP contribution in [0, 0.1) is 3.57 Å². The van der Waals surface area contributed by atoms with Crippen LogP contribution in [0.4, 0.5) is 0 Å². The molecule has 1 rings (SSSR count). The van der Waals surface area contributed by atoms with Gasteiger partial charge in [0.2, 0.25) is 5.88 Å². The summed E-state index contributed by atoms with van der Waals surface area (Å²) in [6.45, 7) is 2.31. The van der Waals surface area contributed by atoms with E-state index in [1.807, 2.05) is 29.5 Å². The Morgan fingerprint density at radius 1 is 1.71 bits per heavy atom. The summed E-state index contributed by atoms with van der Waals surface area (Å²) in [5.74, 6) is 0.346. The molecule has 0 saturated heterocycles. The Morgan fingerprint density at radius 2 is 2.43 bits per heavy atom. The summed E-state index contributed by atoms with van der Waals surface area (Å²) in [6.07, 6.45) is 1.20. The van der Waals surface area contributed by atoms with Gasteiger partial charge >= 0.3 is 0 Å². The van der Waals surface area contributed by atoms with Crippen molar-refractivity contribution in [3.8, 4) is 5.88 Å². The maximum Gasteiger partial charge on any atom is 0.268 e. The van der Waals surface area contributed by atoms with E-state index < -0.39 is 0 Å². The molecule has 1 heterocycles. The highest BCUT2D eigenvalue weighted by atomic mass is 127. The number of aromatic amines is 1. The smallest absolute Gasteiger partial charge is 0.268 e. The van der Waals surface area contributed by atoms with Crippen molar-refractivity contribution in [1.82, 2.24) is 9.97 Å². The first kappa shape index (κ1) is 11.4. The zero-order valence-corrected chi connectivity index (χ0v) is 10.1. The number of nitrogens with one attached hydrogen (secondary N) is 1. The largest absolute Gasteiger partial charge is 0.471 e. The Balaban J connectivity index is 2.76. The maximum absolute atomic E-state index is 11.2. The fourth-order valence-electron chi connectivity index (χ4n) is 0.908. The minimum Gasteiger partial charge on any atom is -0.471 e. The lowest BCUT2D eigenvalue weighted by Gasteiger charge is -2.12. The molecule has 1 unspecified atom stereocenters. The van der Waals surface area contributed by atoms with Crippen molar-refractivity contribution in [2.45, 2.75) is 13.0 Å². The van der Waals surface area contributed by atoms with E-state index in [2.05, 4.69) is 9.97 Å². The van der Waals surface area contributed by atoms with Gasteiger partial charge in [-0.2, -0.15) is 0 Å². The lowest BCUT2D eigenvalue weighted by molar-refractivity contribution is 0.0881. The molecule has 78 valence electrons. The van der Waals surface area contributed by atoms with Crippen LogP contribution in [-0.4, -0.2) is 29.8 Å². The van der Waals surface area contributed by atoms with E-state index in [4.69, 9.17) is 9.47 Å². The Morgan fingerprint density at radius 3 is 3.07 bits per heavy atom. The van der Waals surface area contributed by atoms with Gasteiger partial charge in [-0.1, -0.05) is 0 Å². The van der Waals surface area contributed by atoms with Crippen molar-refractivity contribution in [2.24, 2.45) is 0 Å². The molecule has 0 spiro atoms. The molecule has 0 aliphatic rings. The predicted molar refractivity (Wildman–Crippen MR) is 59.5 cm³/mol. The summed E-state index contributed by atoms with van der Waals surface area (Å²) in [7, 11) is 1.59. The Hall–Kier alpha value is -0.630. The highest BCUT2D eigenvalue weighted by Crippen LogP contribution is 2.13. The normalized spacial score (nSPS) is 12.5. The zero-order chi connectivity index (χ0) is 10.6. The van der Waals surface area contributed by atoms with Crippen LogP contribution in [0.25, 0.3) is 0 Å². The molecule has 0 fully saturated rings. The standard InChI is InChI=1S/C8H11IN2O3/c1-5(3-13-2)14-8-6(9)7(12)10-4-11-8/h4-5H,3H2,1-2H3,(H,10,11,12). The zero-order valence-electron chi connectivity index (χ0n) is 7.91. The van der Waals surface area contributed by atoms with E-state index in [-0.39, 0.29) is 11.7 Å². The molecule has 0 amide bonds. The first-order valence-corrected chi connectivity index (χ1v) is 5.11. The summed E-state index contributed by atoms with van der Waals surface area (Å²) in [4.78, 5) is 17.5. The van der Waals surface area contributed by atoms with E-state index in [0.29, 0.717) is 16.1 Å². The number of H-pyrrole nitrogens is 1. The van der Waals surface area contributed by atoms with Gasteiger partial charge in [0.25, 0.3) is 5.56 Å². The minimum absolute atomic E-state index is 0.122. The molecule has 0 bridgehead atoms. The molecule has 14 heavy (non-hydrogen) atoms. The Kier molecular flexibility index (Phi) is 4.33. The third-order valence-electron chi connectivity index (χ3n) is 1.48. The molecular formula is C8H11IN2O3. The number of methoxy groups -OCH3 is 1. The first-order chi connectivity index (χ1) is 6.65.